The van der Waals surface area contributed by atoms with Gasteiger partial charge in [0.25, 0.3) is 0 Å². The highest BCUT2D eigenvalue weighted by Gasteiger charge is 1.67. The molecule has 0 aliphatic heterocycles. The predicted molar refractivity (Wildman–Crippen MR) is 40.7 cm³/mol. The molecule has 1 atom stereocenters. The van der Waals surface area contributed by atoms with Gasteiger partial charge in [-0.15, -0.1) is 8.58 Å². The summed E-state index contributed by atoms with van der Waals surface area (Å²) in [5, 5.41) is 0. The van der Waals surface area contributed by atoms with Crippen LogP contribution >= 0.6 is 8.58 Å². The van der Waals surface area contributed by atoms with E-state index in [1.54, 1.807) is 0 Å². The first kappa shape index (κ1) is 10.4. The van der Waals surface area contributed by atoms with E-state index in [0.29, 0.717) is 0 Å². The predicted octanol–water partition coefficient (Wildman–Crippen LogP) is 2.73. The monoisotopic (exact) mass is 120 g/mol. The molecule has 0 N–H and O–H groups in total. The van der Waals surface area contributed by atoms with Crippen molar-refractivity contribution in [2.75, 3.05) is 12.8 Å². The molecule has 0 heterocycles. The standard InChI is InChI=1S/C4H11P.C2H6/c1-3-4-5-2;1-2/h5H,3-4H2,1-2H3;1-2H3. The van der Waals surface area contributed by atoms with E-state index in [0.717, 1.165) is 8.58 Å². The van der Waals surface area contributed by atoms with Gasteiger partial charge in [-0.1, -0.05) is 27.2 Å². The molecule has 0 aliphatic rings. The Balaban J connectivity index is 0. The summed E-state index contributed by atoms with van der Waals surface area (Å²) in [6.45, 7) is 8.46. The molecule has 1 heteroatoms. The fourth-order valence-corrected chi connectivity index (χ4v) is 0.750. The van der Waals surface area contributed by atoms with Crippen molar-refractivity contribution in [3.05, 3.63) is 0 Å². The van der Waals surface area contributed by atoms with Gasteiger partial charge in [0, 0.05) is 0 Å². The van der Waals surface area contributed by atoms with Crippen LogP contribution in [-0.4, -0.2) is 12.8 Å². The van der Waals surface area contributed by atoms with Crippen molar-refractivity contribution in [3.8, 4) is 0 Å². The Hall–Kier alpha value is 0.430. The Bertz CT molecular complexity index is 11.7. The lowest BCUT2D eigenvalue weighted by molar-refractivity contribution is 1.10. The van der Waals surface area contributed by atoms with Gasteiger partial charge in [0.15, 0.2) is 0 Å². The molecule has 0 saturated carbocycles. The molecule has 0 rings (SSSR count). The Morgan fingerprint density at radius 1 is 1.29 bits per heavy atom. The minimum atomic E-state index is 1.16. The van der Waals surface area contributed by atoms with Gasteiger partial charge < -0.3 is 0 Å². The molecule has 0 aromatic carbocycles. The second-order valence-corrected chi connectivity index (χ2v) is 2.31. The Kier molecular flexibility index (Phi) is 24.0. The lowest BCUT2D eigenvalue weighted by atomic mass is 10.6. The normalized spacial score (nSPS) is 8.57. The molecule has 0 aromatic rings. The van der Waals surface area contributed by atoms with Gasteiger partial charge in [-0.2, -0.15) is 0 Å². The first-order valence-corrected chi connectivity index (χ1v) is 4.77. The summed E-state index contributed by atoms with van der Waals surface area (Å²) in [6.07, 6.45) is 2.77. The zero-order valence-corrected chi connectivity index (χ0v) is 6.91. The van der Waals surface area contributed by atoms with Crippen LogP contribution in [0.1, 0.15) is 27.2 Å². The van der Waals surface area contributed by atoms with Crippen LogP contribution in [0.15, 0.2) is 0 Å². The summed E-state index contributed by atoms with van der Waals surface area (Å²) in [6, 6.07) is 0. The Morgan fingerprint density at radius 3 is 1.71 bits per heavy atom. The molecule has 0 aliphatic carbocycles. The van der Waals surface area contributed by atoms with Crippen LogP contribution in [0.5, 0.6) is 0 Å². The van der Waals surface area contributed by atoms with E-state index < -0.39 is 0 Å². The van der Waals surface area contributed by atoms with Crippen LogP contribution in [0.25, 0.3) is 0 Å². The largest absolute Gasteiger partial charge is 0.125 e. The average molecular weight is 120 g/mol. The highest BCUT2D eigenvalue weighted by Crippen LogP contribution is 2.01. The number of hydrogen-bond donors (Lipinski definition) is 0. The number of rotatable bonds is 2. The van der Waals surface area contributed by atoms with Crippen molar-refractivity contribution in [1.29, 1.82) is 0 Å². The van der Waals surface area contributed by atoms with Crippen LogP contribution in [0.2, 0.25) is 0 Å². The van der Waals surface area contributed by atoms with Gasteiger partial charge in [-0.05, 0) is 12.8 Å². The van der Waals surface area contributed by atoms with Crippen molar-refractivity contribution in [1.82, 2.24) is 0 Å². The van der Waals surface area contributed by atoms with Gasteiger partial charge in [0.1, 0.15) is 0 Å². The summed E-state index contributed by atoms with van der Waals surface area (Å²) in [5.74, 6) is 0. The van der Waals surface area contributed by atoms with E-state index in [1.165, 1.54) is 12.6 Å². The van der Waals surface area contributed by atoms with Crippen molar-refractivity contribution >= 4 is 8.58 Å². The topological polar surface area (TPSA) is 0 Å². The minimum Gasteiger partial charge on any atom is -0.125 e. The molecular formula is C6H17P. The fourth-order valence-electron chi connectivity index (χ4n) is 0.250. The molecule has 0 fully saturated rings. The van der Waals surface area contributed by atoms with Crippen LogP contribution in [0.4, 0.5) is 0 Å². The zero-order valence-electron chi connectivity index (χ0n) is 5.91. The van der Waals surface area contributed by atoms with Crippen LogP contribution < -0.4 is 0 Å². The van der Waals surface area contributed by atoms with Crippen LogP contribution in [0, 0.1) is 0 Å². The summed E-state index contributed by atoms with van der Waals surface area (Å²) in [7, 11) is 1.16. The molecule has 0 saturated heterocycles. The Morgan fingerprint density at radius 2 is 1.71 bits per heavy atom. The quantitative estimate of drug-likeness (QED) is 0.491. The van der Waals surface area contributed by atoms with E-state index >= 15 is 0 Å². The molecule has 0 amide bonds. The van der Waals surface area contributed by atoms with Gasteiger partial charge in [0.2, 0.25) is 0 Å². The van der Waals surface area contributed by atoms with Crippen molar-refractivity contribution in [2.45, 2.75) is 27.2 Å². The van der Waals surface area contributed by atoms with Gasteiger partial charge in [-0.25, -0.2) is 0 Å². The van der Waals surface area contributed by atoms with Gasteiger partial charge >= 0.3 is 0 Å². The molecule has 0 spiro atoms. The van der Waals surface area contributed by atoms with Crippen molar-refractivity contribution in [3.63, 3.8) is 0 Å². The zero-order chi connectivity index (χ0) is 6.12. The summed E-state index contributed by atoms with van der Waals surface area (Å²) < 4.78 is 0. The maximum absolute atomic E-state index is 2.24. The Labute approximate surface area is 49.5 Å². The highest BCUT2D eigenvalue weighted by atomic mass is 31.1. The third kappa shape index (κ3) is 21.4. The molecule has 0 aromatic heterocycles. The first-order chi connectivity index (χ1) is 3.41. The molecule has 0 nitrogen and oxygen atoms in total. The molecule has 46 valence electrons. The summed E-state index contributed by atoms with van der Waals surface area (Å²) in [4.78, 5) is 0. The van der Waals surface area contributed by atoms with Gasteiger partial charge in [-0.3, -0.25) is 0 Å². The van der Waals surface area contributed by atoms with E-state index in [2.05, 4.69) is 13.6 Å². The summed E-state index contributed by atoms with van der Waals surface area (Å²) in [5.41, 5.74) is 0. The van der Waals surface area contributed by atoms with Crippen LogP contribution in [0.3, 0.4) is 0 Å². The second-order valence-electron chi connectivity index (χ2n) is 1.10. The lowest BCUT2D eigenvalue weighted by Crippen LogP contribution is -1.61. The van der Waals surface area contributed by atoms with E-state index in [-0.39, 0.29) is 0 Å². The van der Waals surface area contributed by atoms with Crippen molar-refractivity contribution < 1.29 is 0 Å². The number of hydrogen-bond acceptors (Lipinski definition) is 0. The van der Waals surface area contributed by atoms with Crippen LogP contribution in [-0.2, 0) is 0 Å². The fraction of sp³-hybridized carbons (Fsp3) is 1.00. The lowest BCUT2D eigenvalue weighted by Gasteiger charge is -1.80. The van der Waals surface area contributed by atoms with E-state index in [1.807, 2.05) is 13.8 Å². The minimum absolute atomic E-state index is 1.16. The molecule has 0 bridgehead atoms. The third-order valence-electron chi connectivity index (χ3n) is 0.500. The summed E-state index contributed by atoms with van der Waals surface area (Å²) >= 11 is 0. The molecular weight excluding hydrogens is 103 g/mol. The maximum Gasteiger partial charge on any atom is -0.0359 e. The van der Waals surface area contributed by atoms with E-state index in [9.17, 15) is 0 Å². The first-order valence-electron chi connectivity index (χ1n) is 3.06. The highest BCUT2D eigenvalue weighted by molar-refractivity contribution is 7.36. The SMILES string of the molecule is CC.CCCPC. The molecule has 7 heavy (non-hydrogen) atoms. The molecule has 0 radical (unpaired) electrons. The average Bonchev–Trinajstić information content (AvgIpc) is 1.75. The third-order valence-corrected chi connectivity index (χ3v) is 1.50. The van der Waals surface area contributed by atoms with Gasteiger partial charge in [0.05, 0.1) is 0 Å². The molecule has 1 unspecified atom stereocenters. The smallest absolute Gasteiger partial charge is 0.0359 e. The maximum atomic E-state index is 2.24. The second kappa shape index (κ2) is 16.1. The van der Waals surface area contributed by atoms with Crippen molar-refractivity contribution in [2.24, 2.45) is 0 Å². The van der Waals surface area contributed by atoms with E-state index in [4.69, 9.17) is 0 Å².